The molecule has 136 valence electrons. The number of nitrogens with zero attached hydrogens (tertiary/aromatic N) is 2. The molecule has 1 aliphatic heterocycles. The van der Waals surface area contributed by atoms with Gasteiger partial charge in [-0.15, -0.1) is 0 Å². The van der Waals surface area contributed by atoms with Gasteiger partial charge in [0.15, 0.2) is 26.2 Å². The highest BCUT2D eigenvalue weighted by molar-refractivity contribution is 6.74. The van der Waals surface area contributed by atoms with E-state index in [0.717, 1.165) is 10.8 Å². The number of aromatic nitrogens is 2. The predicted molar refractivity (Wildman–Crippen MR) is 90.5 cm³/mol. The van der Waals surface area contributed by atoms with Gasteiger partial charge in [-0.1, -0.05) is 20.8 Å². The standard InChI is InChI=1S/C15H26FN3O4Si/c1-8-10(20)11(23-24(5,6)15(2,3)4)13(22-8)19-7-9(16)12(17)18-14(19)21/h7-8,10-11,13,20H,1-6H3,(H2,17,18,21)/t8-,10-,11-,13-/m1/s1. The lowest BCUT2D eigenvalue weighted by atomic mass is 10.1. The fraction of sp³-hybridized carbons (Fsp3) is 0.733. The Balaban J connectivity index is 2.42. The van der Waals surface area contributed by atoms with Crippen molar-refractivity contribution in [2.45, 2.75) is 70.4 Å². The summed E-state index contributed by atoms with van der Waals surface area (Å²) in [7, 11) is -2.25. The minimum Gasteiger partial charge on any atom is -0.407 e. The highest BCUT2D eigenvalue weighted by atomic mass is 28.4. The van der Waals surface area contributed by atoms with Crippen LogP contribution < -0.4 is 11.4 Å². The molecule has 0 unspecified atom stereocenters. The summed E-state index contributed by atoms with van der Waals surface area (Å²) >= 11 is 0. The highest BCUT2D eigenvalue weighted by Crippen LogP contribution is 2.41. The third-order valence-corrected chi connectivity index (χ3v) is 9.37. The van der Waals surface area contributed by atoms with Gasteiger partial charge in [0.05, 0.1) is 12.3 Å². The quantitative estimate of drug-likeness (QED) is 0.796. The van der Waals surface area contributed by atoms with E-state index in [1.165, 1.54) is 0 Å². The van der Waals surface area contributed by atoms with E-state index in [9.17, 15) is 14.3 Å². The molecule has 9 heteroatoms. The molecular weight excluding hydrogens is 333 g/mol. The molecule has 0 spiro atoms. The first-order valence-electron chi connectivity index (χ1n) is 7.90. The number of anilines is 1. The third kappa shape index (κ3) is 3.39. The van der Waals surface area contributed by atoms with E-state index in [1.807, 2.05) is 13.1 Å². The second-order valence-corrected chi connectivity index (χ2v) is 12.5. The van der Waals surface area contributed by atoms with Crippen molar-refractivity contribution >= 4 is 14.1 Å². The SMILES string of the molecule is C[C@H]1O[C@@H](n2cc(F)c(N)nc2=O)[C@H](O[Si](C)(C)C(C)(C)C)[C@@H]1O. The molecule has 0 saturated carbocycles. The van der Waals surface area contributed by atoms with E-state index >= 15 is 0 Å². The number of aliphatic hydroxyl groups excluding tert-OH is 1. The first kappa shape index (κ1) is 19.0. The first-order valence-corrected chi connectivity index (χ1v) is 10.8. The van der Waals surface area contributed by atoms with Crippen molar-refractivity contribution in [3.05, 3.63) is 22.5 Å². The van der Waals surface area contributed by atoms with Crippen molar-refractivity contribution in [1.82, 2.24) is 9.55 Å². The zero-order valence-electron chi connectivity index (χ0n) is 14.9. The second-order valence-electron chi connectivity index (χ2n) is 7.73. The summed E-state index contributed by atoms with van der Waals surface area (Å²) in [5, 5.41) is 10.4. The zero-order valence-corrected chi connectivity index (χ0v) is 15.9. The summed E-state index contributed by atoms with van der Waals surface area (Å²) in [5.41, 5.74) is 4.58. The van der Waals surface area contributed by atoms with Gasteiger partial charge >= 0.3 is 5.69 Å². The molecule has 1 aromatic heterocycles. The van der Waals surface area contributed by atoms with Gasteiger partial charge in [0, 0.05) is 0 Å². The fourth-order valence-electron chi connectivity index (χ4n) is 2.32. The number of nitrogen functional groups attached to an aromatic ring is 1. The first-order chi connectivity index (χ1) is 10.8. The van der Waals surface area contributed by atoms with Crippen molar-refractivity contribution in [3.63, 3.8) is 0 Å². The molecule has 0 aromatic carbocycles. The van der Waals surface area contributed by atoms with Gasteiger partial charge in [0.25, 0.3) is 0 Å². The van der Waals surface area contributed by atoms with E-state index < -0.39 is 50.2 Å². The lowest BCUT2D eigenvalue weighted by Crippen LogP contribution is -2.49. The zero-order chi connectivity index (χ0) is 18.4. The molecule has 2 rings (SSSR count). The summed E-state index contributed by atoms with van der Waals surface area (Å²) in [6, 6.07) is 0. The summed E-state index contributed by atoms with van der Waals surface area (Å²) in [4.78, 5) is 15.6. The molecule has 0 amide bonds. The lowest BCUT2D eigenvalue weighted by molar-refractivity contribution is -0.0315. The molecule has 3 N–H and O–H groups in total. The van der Waals surface area contributed by atoms with Gasteiger partial charge in [-0.25, -0.2) is 9.18 Å². The normalized spacial score (nSPS) is 28.3. The van der Waals surface area contributed by atoms with Crippen LogP contribution in [0, 0.1) is 5.82 Å². The van der Waals surface area contributed by atoms with Crippen LogP contribution in [0.4, 0.5) is 10.2 Å². The summed E-state index contributed by atoms with van der Waals surface area (Å²) < 4.78 is 26.7. The summed E-state index contributed by atoms with van der Waals surface area (Å²) in [6.07, 6.45) is -2.29. The molecule has 1 saturated heterocycles. The van der Waals surface area contributed by atoms with Gasteiger partial charge in [-0.2, -0.15) is 4.98 Å². The Hall–Kier alpha value is -1.29. The van der Waals surface area contributed by atoms with Crippen LogP contribution in [0.5, 0.6) is 0 Å². The second kappa shape index (κ2) is 6.21. The number of aliphatic hydroxyl groups is 1. The van der Waals surface area contributed by atoms with E-state index in [1.54, 1.807) is 6.92 Å². The number of halogens is 1. The summed E-state index contributed by atoms with van der Waals surface area (Å²) in [6.45, 7) is 11.9. The molecule has 1 fully saturated rings. The van der Waals surface area contributed by atoms with Crippen molar-refractivity contribution in [3.8, 4) is 0 Å². The van der Waals surface area contributed by atoms with Gasteiger partial charge < -0.3 is 20.0 Å². The van der Waals surface area contributed by atoms with Gasteiger partial charge in [-0.05, 0) is 25.1 Å². The number of rotatable bonds is 3. The maximum absolute atomic E-state index is 13.8. The predicted octanol–water partition coefficient (Wildman–Crippen LogP) is 1.63. The Kier molecular flexibility index (Phi) is 4.93. The molecule has 0 aliphatic carbocycles. The Morgan fingerprint density at radius 3 is 2.58 bits per heavy atom. The highest BCUT2D eigenvalue weighted by Gasteiger charge is 2.49. The molecule has 0 radical (unpaired) electrons. The smallest absolute Gasteiger partial charge is 0.351 e. The van der Waals surface area contributed by atoms with E-state index in [4.69, 9.17) is 14.9 Å². The van der Waals surface area contributed by atoms with Crippen LogP contribution in [-0.4, -0.2) is 41.3 Å². The molecule has 4 atom stereocenters. The Morgan fingerprint density at radius 1 is 1.46 bits per heavy atom. The molecule has 1 aliphatic rings. The van der Waals surface area contributed by atoms with Gasteiger partial charge in [-0.3, -0.25) is 4.57 Å². The van der Waals surface area contributed by atoms with Crippen molar-refractivity contribution in [2.75, 3.05) is 5.73 Å². The molecule has 24 heavy (non-hydrogen) atoms. The van der Waals surface area contributed by atoms with Crippen LogP contribution in [0.1, 0.15) is 33.9 Å². The Labute approximate surface area is 141 Å². The monoisotopic (exact) mass is 359 g/mol. The minimum atomic E-state index is -2.25. The molecule has 2 heterocycles. The molecular formula is C15H26FN3O4Si. The van der Waals surface area contributed by atoms with Gasteiger partial charge in [0.1, 0.15) is 12.2 Å². The molecule has 0 bridgehead atoms. The third-order valence-electron chi connectivity index (χ3n) is 4.90. The van der Waals surface area contributed by atoms with Gasteiger partial charge in [0.2, 0.25) is 0 Å². The Morgan fingerprint density at radius 2 is 2.04 bits per heavy atom. The van der Waals surface area contributed by atoms with E-state index in [-0.39, 0.29) is 5.04 Å². The van der Waals surface area contributed by atoms with Crippen molar-refractivity contribution in [1.29, 1.82) is 0 Å². The summed E-state index contributed by atoms with van der Waals surface area (Å²) in [5.74, 6) is -1.29. The fourth-order valence-corrected chi connectivity index (χ4v) is 3.61. The molecule has 1 aromatic rings. The Bertz CT molecular complexity index is 674. The average molecular weight is 359 g/mol. The van der Waals surface area contributed by atoms with Crippen LogP contribution >= 0.6 is 0 Å². The van der Waals surface area contributed by atoms with Crippen LogP contribution in [-0.2, 0) is 9.16 Å². The van der Waals surface area contributed by atoms with Crippen molar-refractivity contribution in [2.24, 2.45) is 0 Å². The lowest BCUT2D eigenvalue weighted by Gasteiger charge is -2.40. The van der Waals surface area contributed by atoms with Crippen LogP contribution in [0.3, 0.4) is 0 Å². The number of nitrogens with two attached hydrogens (primary N) is 1. The molecule has 7 nitrogen and oxygen atoms in total. The minimum absolute atomic E-state index is 0.0985. The maximum atomic E-state index is 13.8. The maximum Gasteiger partial charge on any atom is 0.351 e. The van der Waals surface area contributed by atoms with E-state index in [0.29, 0.717) is 0 Å². The topological polar surface area (TPSA) is 99.6 Å². The largest absolute Gasteiger partial charge is 0.407 e. The van der Waals surface area contributed by atoms with Crippen LogP contribution in [0.2, 0.25) is 18.1 Å². The van der Waals surface area contributed by atoms with E-state index in [2.05, 4.69) is 25.8 Å². The van der Waals surface area contributed by atoms with Crippen LogP contribution in [0.25, 0.3) is 0 Å². The van der Waals surface area contributed by atoms with Crippen LogP contribution in [0.15, 0.2) is 11.0 Å². The number of hydrogen-bond donors (Lipinski definition) is 2. The van der Waals surface area contributed by atoms with Crippen molar-refractivity contribution < 1.29 is 18.7 Å². The number of ether oxygens (including phenoxy) is 1. The number of hydrogen-bond acceptors (Lipinski definition) is 6. The average Bonchev–Trinajstić information content (AvgIpc) is 2.69.